The Morgan fingerprint density at radius 2 is 2.14 bits per heavy atom. The smallest absolute Gasteiger partial charge is 0.291 e. The molecule has 0 bridgehead atoms. The Morgan fingerprint density at radius 1 is 1.57 bits per heavy atom. The summed E-state index contributed by atoms with van der Waals surface area (Å²) in [5.74, 6) is -0.964. The van der Waals surface area contributed by atoms with E-state index in [-0.39, 0.29) is 0 Å². The molecule has 1 aromatic rings. The standard InChI is InChI=1S/C7H4ClF2NO3/c8-5(13)2-1-3(6(9)10)11-7(14)4(2)12/h1,6,12H,(H,11,14). The first-order valence-corrected chi connectivity index (χ1v) is 3.75. The number of halogens is 3. The minimum Gasteiger partial charge on any atom is -0.502 e. The summed E-state index contributed by atoms with van der Waals surface area (Å²) in [6.07, 6.45) is -2.95. The van der Waals surface area contributed by atoms with E-state index in [0.29, 0.717) is 6.07 Å². The first-order chi connectivity index (χ1) is 6.43. The Balaban J connectivity index is 3.43. The number of rotatable bonds is 2. The minimum atomic E-state index is -2.95. The van der Waals surface area contributed by atoms with Crippen molar-refractivity contribution in [2.45, 2.75) is 6.43 Å². The van der Waals surface area contributed by atoms with Gasteiger partial charge in [-0.25, -0.2) is 8.78 Å². The van der Waals surface area contributed by atoms with Crippen LogP contribution in [0.1, 0.15) is 22.5 Å². The van der Waals surface area contributed by atoms with Gasteiger partial charge in [0.2, 0.25) is 0 Å². The monoisotopic (exact) mass is 223 g/mol. The molecule has 0 radical (unpaired) electrons. The lowest BCUT2D eigenvalue weighted by Gasteiger charge is -2.02. The van der Waals surface area contributed by atoms with Crippen LogP contribution in [0, 0.1) is 0 Å². The van der Waals surface area contributed by atoms with Gasteiger partial charge >= 0.3 is 0 Å². The second-order valence-corrected chi connectivity index (χ2v) is 2.73. The Kier molecular flexibility index (Phi) is 2.85. The molecule has 76 valence electrons. The van der Waals surface area contributed by atoms with Crippen LogP contribution in [0.3, 0.4) is 0 Å². The molecule has 7 heteroatoms. The maximum absolute atomic E-state index is 12.1. The van der Waals surface area contributed by atoms with Crippen LogP contribution < -0.4 is 5.56 Å². The fraction of sp³-hybridized carbons (Fsp3) is 0.143. The van der Waals surface area contributed by atoms with Crippen molar-refractivity contribution < 1.29 is 18.7 Å². The highest BCUT2D eigenvalue weighted by atomic mass is 35.5. The highest BCUT2D eigenvalue weighted by Gasteiger charge is 2.17. The molecule has 0 saturated carbocycles. The molecule has 0 fully saturated rings. The van der Waals surface area contributed by atoms with Gasteiger partial charge in [0, 0.05) is 0 Å². The number of pyridine rings is 1. The van der Waals surface area contributed by atoms with E-state index < -0.39 is 34.2 Å². The number of carbonyl (C=O) groups is 1. The largest absolute Gasteiger partial charge is 0.502 e. The van der Waals surface area contributed by atoms with Gasteiger partial charge in [0.1, 0.15) is 0 Å². The predicted octanol–water partition coefficient (Wildman–Crippen LogP) is 1.40. The summed E-state index contributed by atoms with van der Waals surface area (Å²) >= 11 is 4.96. The normalized spacial score (nSPS) is 10.6. The van der Waals surface area contributed by atoms with E-state index >= 15 is 0 Å². The van der Waals surface area contributed by atoms with Crippen LogP contribution in [0.5, 0.6) is 5.75 Å². The van der Waals surface area contributed by atoms with E-state index in [0.717, 1.165) is 0 Å². The first-order valence-electron chi connectivity index (χ1n) is 3.37. The molecule has 0 aromatic carbocycles. The molecule has 1 heterocycles. The van der Waals surface area contributed by atoms with Crippen molar-refractivity contribution in [3.8, 4) is 5.75 Å². The van der Waals surface area contributed by atoms with Crippen molar-refractivity contribution in [1.82, 2.24) is 4.98 Å². The molecule has 0 unspecified atom stereocenters. The summed E-state index contributed by atoms with van der Waals surface area (Å²) in [5, 5.41) is 7.81. The molecule has 0 aliphatic rings. The molecule has 2 N–H and O–H groups in total. The van der Waals surface area contributed by atoms with Crippen LogP contribution in [0.4, 0.5) is 8.78 Å². The van der Waals surface area contributed by atoms with Gasteiger partial charge in [-0.2, -0.15) is 0 Å². The summed E-state index contributed by atoms with van der Waals surface area (Å²) in [6, 6.07) is 0.636. The van der Waals surface area contributed by atoms with Crippen molar-refractivity contribution in [2.24, 2.45) is 0 Å². The van der Waals surface area contributed by atoms with Crippen LogP contribution in [0.2, 0.25) is 0 Å². The van der Waals surface area contributed by atoms with Gasteiger partial charge in [0.05, 0.1) is 11.3 Å². The highest BCUT2D eigenvalue weighted by molar-refractivity contribution is 6.68. The zero-order valence-electron chi connectivity index (χ0n) is 6.55. The topological polar surface area (TPSA) is 70.2 Å². The number of nitrogens with one attached hydrogen (secondary N) is 1. The third-order valence-corrected chi connectivity index (χ3v) is 1.68. The molecule has 0 spiro atoms. The number of aromatic nitrogens is 1. The third kappa shape index (κ3) is 1.90. The average Bonchev–Trinajstić information content (AvgIpc) is 2.08. The molecule has 0 saturated heterocycles. The molecule has 0 amide bonds. The second kappa shape index (κ2) is 3.75. The summed E-state index contributed by atoms with van der Waals surface area (Å²) in [7, 11) is 0. The number of alkyl halides is 2. The predicted molar refractivity (Wildman–Crippen MR) is 43.9 cm³/mol. The van der Waals surface area contributed by atoms with Gasteiger partial charge in [-0.3, -0.25) is 9.59 Å². The fourth-order valence-electron chi connectivity index (χ4n) is 0.840. The van der Waals surface area contributed by atoms with Gasteiger partial charge in [0.25, 0.3) is 17.2 Å². The number of aromatic hydroxyl groups is 1. The zero-order valence-corrected chi connectivity index (χ0v) is 7.31. The van der Waals surface area contributed by atoms with Crippen molar-refractivity contribution in [3.05, 3.63) is 27.7 Å². The lowest BCUT2D eigenvalue weighted by atomic mass is 10.2. The molecule has 0 atom stereocenters. The number of aromatic amines is 1. The minimum absolute atomic E-state index is 0.634. The van der Waals surface area contributed by atoms with E-state index in [1.165, 1.54) is 0 Å². The quantitative estimate of drug-likeness (QED) is 0.745. The van der Waals surface area contributed by atoms with Crippen LogP contribution in [0.25, 0.3) is 0 Å². The van der Waals surface area contributed by atoms with E-state index in [4.69, 9.17) is 16.7 Å². The molecular formula is C7H4ClF2NO3. The van der Waals surface area contributed by atoms with E-state index in [2.05, 4.69) is 0 Å². The molecular weight excluding hydrogens is 220 g/mol. The van der Waals surface area contributed by atoms with Crippen LogP contribution in [-0.2, 0) is 0 Å². The average molecular weight is 224 g/mol. The van der Waals surface area contributed by atoms with E-state index in [1.54, 1.807) is 4.98 Å². The summed E-state index contributed by atoms with van der Waals surface area (Å²) < 4.78 is 24.2. The molecule has 0 aliphatic heterocycles. The summed E-state index contributed by atoms with van der Waals surface area (Å²) in [5.41, 5.74) is -2.57. The van der Waals surface area contributed by atoms with Gasteiger partial charge in [-0.1, -0.05) is 0 Å². The number of carbonyl (C=O) groups excluding carboxylic acids is 1. The van der Waals surface area contributed by atoms with Crippen molar-refractivity contribution in [1.29, 1.82) is 0 Å². The van der Waals surface area contributed by atoms with Crippen LogP contribution in [-0.4, -0.2) is 15.3 Å². The van der Waals surface area contributed by atoms with Crippen molar-refractivity contribution in [2.75, 3.05) is 0 Å². The maximum atomic E-state index is 12.1. The maximum Gasteiger partial charge on any atom is 0.291 e. The van der Waals surface area contributed by atoms with Crippen molar-refractivity contribution in [3.63, 3.8) is 0 Å². The van der Waals surface area contributed by atoms with Gasteiger partial charge in [0.15, 0.2) is 5.75 Å². The van der Waals surface area contributed by atoms with Gasteiger partial charge in [-0.15, -0.1) is 0 Å². The third-order valence-electron chi connectivity index (χ3n) is 1.47. The zero-order chi connectivity index (χ0) is 10.9. The molecule has 0 aliphatic carbocycles. The van der Waals surface area contributed by atoms with Crippen LogP contribution >= 0.6 is 11.6 Å². The Morgan fingerprint density at radius 3 is 2.57 bits per heavy atom. The highest BCUT2D eigenvalue weighted by Crippen LogP contribution is 2.20. The Labute approximate surface area is 81.1 Å². The Bertz CT molecular complexity index is 429. The number of hydrogen-bond donors (Lipinski definition) is 2. The number of hydrogen-bond acceptors (Lipinski definition) is 3. The van der Waals surface area contributed by atoms with Gasteiger partial charge < -0.3 is 10.1 Å². The van der Waals surface area contributed by atoms with Gasteiger partial charge in [-0.05, 0) is 17.7 Å². The van der Waals surface area contributed by atoms with E-state index in [9.17, 15) is 18.4 Å². The Hall–Kier alpha value is -1.43. The SMILES string of the molecule is O=C(Cl)c1cc(C(F)F)[nH]c(=O)c1O. The molecule has 1 rings (SSSR count). The molecule has 14 heavy (non-hydrogen) atoms. The van der Waals surface area contributed by atoms with E-state index in [1.807, 2.05) is 0 Å². The molecule has 4 nitrogen and oxygen atoms in total. The lowest BCUT2D eigenvalue weighted by Crippen LogP contribution is -2.12. The van der Waals surface area contributed by atoms with Crippen LogP contribution in [0.15, 0.2) is 10.9 Å². The summed E-state index contributed by atoms with van der Waals surface area (Å²) in [4.78, 5) is 23.1. The fourth-order valence-corrected chi connectivity index (χ4v) is 0.984. The summed E-state index contributed by atoms with van der Waals surface area (Å²) in [6.45, 7) is 0. The number of H-pyrrole nitrogens is 1. The first kappa shape index (κ1) is 10.6. The van der Waals surface area contributed by atoms with Crippen molar-refractivity contribution >= 4 is 16.8 Å². The second-order valence-electron chi connectivity index (χ2n) is 2.39. The molecule has 1 aromatic heterocycles. The lowest BCUT2D eigenvalue weighted by molar-refractivity contribution is 0.107.